The zero-order valence-electron chi connectivity index (χ0n) is 13.5. The molecule has 0 aromatic heterocycles. The van der Waals surface area contributed by atoms with Gasteiger partial charge in [0.2, 0.25) is 0 Å². The van der Waals surface area contributed by atoms with E-state index in [0.29, 0.717) is 6.54 Å². The Bertz CT molecular complexity index is 556. The van der Waals surface area contributed by atoms with E-state index in [1.807, 2.05) is 18.2 Å². The van der Waals surface area contributed by atoms with E-state index in [1.165, 1.54) is 11.3 Å². The minimum atomic E-state index is 0.151. The summed E-state index contributed by atoms with van der Waals surface area (Å²) in [6.45, 7) is 6.49. The Kier molecular flexibility index (Phi) is 6.28. The van der Waals surface area contributed by atoms with Gasteiger partial charge in [-0.25, -0.2) is 0 Å². The van der Waals surface area contributed by atoms with E-state index in [4.69, 9.17) is 10.5 Å². The van der Waals surface area contributed by atoms with Crippen LogP contribution in [0.2, 0.25) is 0 Å². The number of anilines is 1. The number of benzene rings is 2. The third-order valence-corrected chi connectivity index (χ3v) is 3.74. The SMILES string of the molecule is CCCOc1cccc(C(CN)N(CC)c2ccccc2)c1. The van der Waals surface area contributed by atoms with Gasteiger partial charge in [0.15, 0.2) is 0 Å². The number of nitrogens with zero attached hydrogens (tertiary/aromatic N) is 1. The number of ether oxygens (including phenoxy) is 1. The van der Waals surface area contributed by atoms with Crippen LogP contribution in [0.5, 0.6) is 5.75 Å². The fourth-order valence-electron chi connectivity index (χ4n) is 2.68. The van der Waals surface area contributed by atoms with E-state index in [9.17, 15) is 0 Å². The molecule has 0 aliphatic carbocycles. The molecular weight excluding hydrogens is 272 g/mol. The van der Waals surface area contributed by atoms with E-state index in [0.717, 1.165) is 25.3 Å². The second-order valence-electron chi connectivity index (χ2n) is 5.29. The summed E-state index contributed by atoms with van der Waals surface area (Å²) in [7, 11) is 0. The summed E-state index contributed by atoms with van der Waals surface area (Å²) in [4.78, 5) is 2.33. The molecule has 0 radical (unpaired) electrons. The predicted octanol–water partition coefficient (Wildman–Crippen LogP) is 4.00. The molecule has 1 unspecified atom stereocenters. The topological polar surface area (TPSA) is 38.5 Å². The molecular formula is C19H26N2O. The van der Waals surface area contributed by atoms with Crippen LogP contribution in [0, 0.1) is 0 Å². The van der Waals surface area contributed by atoms with Crippen molar-refractivity contribution in [2.75, 3.05) is 24.6 Å². The fourth-order valence-corrected chi connectivity index (χ4v) is 2.68. The van der Waals surface area contributed by atoms with E-state index in [-0.39, 0.29) is 6.04 Å². The maximum atomic E-state index is 6.09. The Morgan fingerprint density at radius 2 is 1.82 bits per heavy atom. The summed E-state index contributed by atoms with van der Waals surface area (Å²) in [5.74, 6) is 0.918. The first-order valence-corrected chi connectivity index (χ1v) is 8.04. The van der Waals surface area contributed by atoms with Gasteiger partial charge < -0.3 is 15.4 Å². The molecule has 2 rings (SSSR count). The smallest absolute Gasteiger partial charge is 0.119 e. The highest BCUT2D eigenvalue weighted by Gasteiger charge is 2.18. The fraction of sp³-hybridized carbons (Fsp3) is 0.368. The molecule has 2 N–H and O–H groups in total. The van der Waals surface area contributed by atoms with Gasteiger partial charge in [-0.05, 0) is 43.2 Å². The zero-order valence-corrected chi connectivity index (χ0v) is 13.5. The van der Waals surface area contributed by atoms with Crippen LogP contribution in [0.3, 0.4) is 0 Å². The number of likely N-dealkylation sites (N-methyl/N-ethyl adjacent to an activating group) is 1. The molecule has 2 aromatic rings. The van der Waals surface area contributed by atoms with Gasteiger partial charge in [0, 0.05) is 18.8 Å². The van der Waals surface area contributed by atoms with Crippen LogP contribution in [0.15, 0.2) is 54.6 Å². The van der Waals surface area contributed by atoms with Crippen LogP contribution >= 0.6 is 0 Å². The summed E-state index contributed by atoms with van der Waals surface area (Å²) in [5, 5.41) is 0. The Labute approximate surface area is 133 Å². The number of nitrogens with two attached hydrogens (primary N) is 1. The third-order valence-electron chi connectivity index (χ3n) is 3.74. The van der Waals surface area contributed by atoms with Crippen molar-refractivity contribution in [3.8, 4) is 5.75 Å². The van der Waals surface area contributed by atoms with Crippen LogP contribution in [-0.4, -0.2) is 19.7 Å². The van der Waals surface area contributed by atoms with Gasteiger partial charge in [0.05, 0.1) is 12.6 Å². The van der Waals surface area contributed by atoms with Crippen molar-refractivity contribution < 1.29 is 4.74 Å². The summed E-state index contributed by atoms with van der Waals surface area (Å²) in [6, 6.07) is 18.9. The van der Waals surface area contributed by atoms with Crippen LogP contribution in [0.1, 0.15) is 31.9 Å². The second kappa shape index (κ2) is 8.44. The molecule has 0 fully saturated rings. The Morgan fingerprint density at radius 3 is 2.45 bits per heavy atom. The molecule has 3 heteroatoms. The van der Waals surface area contributed by atoms with Crippen molar-refractivity contribution in [2.24, 2.45) is 5.73 Å². The van der Waals surface area contributed by atoms with Gasteiger partial charge in [-0.15, -0.1) is 0 Å². The molecule has 0 bridgehead atoms. The molecule has 1 atom stereocenters. The van der Waals surface area contributed by atoms with Gasteiger partial charge in [-0.1, -0.05) is 37.3 Å². The molecule has 2 aromatic carbocycles. The summed E-state index contributed by atoms with van der Waals surface area (Å²) in [6.07, 6.45) is 1.01. The number of hydrogen-bond donors (Lipinski definition) is 1. The van der Waals surface area contributed by atoms with Gasteiger partial charge in [0.25, 0.3) is 0 Å². The number of rotatable bonds is 8. The molecule has 3 nitrogen and oxygen atoms in total. The first kappa shape index (κ1) is 16.4. The number of hydrogen-bond acceptors (Lipinski definition) is 3. The number of para-hydroxylation sites is 1. The van der Waals surface area contributed by atoms with Crippen molar-refractivity contribution in [3.63, 3.8) is 0 Å². The molecule has 0 aliphatic rings. The monoisotopic (exact) mass is 298 g/mol. The summed E-state index contributed by atoms with van der Waals surface area (Å²) >= 11 is 0. The summed E-state index contributed by atoms with van der Waals surface area (Å²) < 4.78 is 5.75. The molecule has 0 spiro atoms. The van der Waals surface area contributed by atoms with Crippen molar-refractivity contribution in [3.05, 3.63) is 60.2 Å². The first-order chi connectivity index (χ1) is 10.8. The largest absolute Gasteiger partial charge is 0.494 e. The highest BCUT2D eigenvalue weighted by atomic mass is 16.5. The Morgan fingerprint density at radius 1 is 1.05 bits per heavy atom. The lowest BCUT2D eigenvalue weighted by Crippen LogP contribution is -2.33. The summed E-state index contributed by atoms with van der Waals surface area (Å²) in [5.41, 5.74) is 8.48. The molecule has 0 aliphatic heterocycles. The Hall–Kier alpha value is -2.00. The molecule has 0 saturated carbocycles. The van der Waals surface area contributed by atoms with E-state index in [2.05, 4.69) is 55.1 Å². The van der Waals surface area contributed by atoms with Gasteiger partial charge >= 0.3 is 0 Å². The third kappa shape index (κ3) is 4.01. The van der Waals surface area contributed by atoms with E-state index >= 15 is 0 Å². The predicted molar refractivity (Wildman–Crippen MR) is 93.5 cm³/mol. The average Bonchev–Trinajstić information content (AvgIpc) is 2.58. The van der Waals surface area contributed by atoms with E-state index in [1.54, 1.807) is 0 Å². The van der Waals surface area contributed by atoms with Crippen molar-refractivity contribution >= 4 is 5.69 Å². The lowest BCUT2D eigenvalue weighted by Gasteiger charge is -2.32. The maximum Gasteiger partial charge on any atom is 0.119 e. The van der Waals surface area contributed by atoms with Gasteiger partial charge in [-0.2, -0.15) is 0 Å². The lowest BCUT2D eigenvalue weighted by atomic mass is 10.0. The first-order valence-electron chi connectivity index (χ1n) is 8.04. The molecule has 0 saturated heterocycles. The van der Waals surface area contributed by atoms with Crippen LogP contribution in [-0.2, 0) is 0 Å². The standard InChI is InChI=1S/C19H26N2O/c1-3-13-22-18-12-8-9-16(14-18)19(15-20)21(4-2)17-10-6-5-7-11-17/h5-12,14,19H,3-4,13,15,20H2,1-2H3. The lowest BCUT2D eigenvalue weighted by molar-refractivity contribution is 0.317. The highest BCUT2D eigenvalue weighted by Crippen LogP contribution is 2.28. The zero-order chi connectivity index (χ0) is 15.8. The average molecular weight is 298 g/mol. The molecule has 118 valence electrons. The van der Waals surface area contributed by atoms with Crippen LogP contribution in [0.4, 0.5) is 5.69 Å². The maximum absolute atomic E-state index is 6.09. The van der Waals surface area contributed by atoms with Gasteiger partial charge in [-0.3, -0.25) is 0 Å². The van der Waals surface area contributed by atoms with Crippen LogP contribution in [0.25, 0.3) is 0 Å². The quantitative estimate of drug-likeness (QED) is 0.800. The molecule has 0 amide bonds. The van der Waals surface area contributed by atoms with Crippen LogP contribution < -0.4 is 15.4 Å². The highest BCUT2D eigenvalue weighted by molar-refractivity contribution is 5.49. The second-order valence-corrected chi connectivity index (χ2v) is 5.29. The minimum Gasteiger partial charge on any atom is -0.494 e. The van der Waals surface area contributed by atoms with Crippen molar-refractivity contribution in [2.45, 2.75) is 26.3 Å². The van der Waals surface area contributed by atoms with E-state index < -0.39 is 0 Å². The molecule has 0 heterocycles. The van der Waals surface area contributed by atoms with Gasteiger partial charge in [0.1, 0.15) is 5.75 Å². The van der Waals surface area contributed by atoms with Crippen molar-refractivity contribution in [1.29, 1.82) is 0 Å². The minimum absolute atomic E-state index is 0.151. The molecule has 22 heavy (non-hydrogen) atoms. The normalized spacial score (nSPS) is 12.0. The Balaban J connectivity index is 2.26. The van der Waals surface area contributed by atoms with Crippen molar-refractivity contribution in [1.82, 2.24) is 0 Å².